The predicted octanol–water partition coefficient (Wildman–Crippen LogP) is 3.22. The summed E-state index contributed by atoms with van der Waals surface area (Å²) in [7, 11) is 0. The summed E-state index contributed by atoms with van der Waals surface area (Å²) in [5.74, 6) is 0.862. The van der Waals surface area contributed by atoms with Gasteiger partial charge in [0.25, 0.3) is 5.91 Å². The summed E-state index contributed by atoms with van der Waals surface area (Å²) < 4.78 is 5.16. The molecule has 1 fully saturated rings. The molecule has 3 rings (SSSR count). The molecule has 0 spiro atoms. The minimum Gasteiger partial charge on any atom is -0.467 e. The maximum absolute atomic E-state index is 12.1. The van der Waals surface area contributed by atoms with Gasteiger partial charge in [0.2, 0.25) is 0 Å². The van der Waals surface area contributed by atoms with Crippen LogP contribution < -0.4 is 16.0 Å². The van der Waals surface area contributed by atoms with E-state index >= 15 is 0 Å². The van der Waals surface area contributed by atoms with Gasteiger partial charge >= 0.3 is 0 Å². The second kappa shape index (κ2) is 9.52. The third kappa shape index (κ3) is 4.87. The first-order chi connectivity index (χ1) is 10.8. The number of pyridine rings is 1. The van der Waals surface area contributed by atoms with Crippen molar-refractivity contribution in [1.82, 2.24) is 4.98 Å². The maximum Gasteiger partial charge on any atom is 0.260 e. The zero-order valence-electron chi connectivity index (χ0n) is 13.2. The Morgan fingerprint density at radius 2 is 2.00 bits per heavy atom. The lowest BCUT2D eigenvalue weighted by atomic mass is 10.1. The highest BCUT2D eigenvalue weighted by molar-refractivity contribution is 6.03. The largest absolute Gasteiger partial charge is 0.467 e. The number of furan rings is 1. The van der Waals surface area contributed by atoms with Crippen LogP contribution in [-0.4, -0.2) is 24.0 Å². The highest BCUT2D eigenvalue weighted by atomic mass is 35.5. The Morgan fingerprint density at radius 1 is 1.25 bits per heavy atom. The molecular formula is C16H22Cl2N4O2. The highest BCUT2D eigenvalue weighted by Crippen LogP contribution is 2.20. The molecule has 0 atom stereocenters. The van der Waals surface area contributed by atoms with Crippen molar-refractivity contribution in [1.29, 1.82) is 0 Å². The van der Waals surface area contributed by atoms with Crippen LogP contribution in [0.2, 0.25) is 0 Å². The van der Waals surface area contributed by atoms with E-state index < -0.39 is 0 Å². The van der Waals surface area contributed by atoms with Gasteiger partial charge in [-0.15, -0.1) is 24.8 Å². The molecule has 1 aliphatic heterocycles. The number of piperidine rings is 1. The van der Waals surface area contributed by atoms with Crippen molar-refractivity contribution in [3.63, 3.8) is 0 Å². The molecule has 0 radical (unpaired) electrons. The Kier molecular flexibility index (Phi) is 8.04. The monoisotopic (exact) mass is 372 g/mol. The number of nitrogens with zero attached hydrogens (tertiary/aromatic N) is 2. The molecule has 132 valence electrons. The lowest BCUT2D eigenvalue weighted by Gasteiger charge is -2.28. The number of hydrogen-bond acceptors (Lipinski definition) is 5. The van der Waals surface area contributed by atoms with E-state index in [2.05, 4.69) is 15.2 Å². The van der Waals surface area contributed by atoms with E-state index in [4.69, 9.17) is 10.2 Å². The zero-order valence-corrected chi connectivity index (χ0v) is 14.9. The number of aromatic nitrogens is 1. The Bertz CT molecular complexity index is 640. The molecule has 0 unspecified atom stereocenters. The molecule has 2 aromatic rings. The number of nitrogens with one attached hydrogen (secondary N) is 1. The van der Waals surface area contributed by atoms with Gasteiger partial charge in [-0.2, -0.15) is 0 Å². The van der Waals surface area contributed by atoms with Crippen LogP contribution in [0.4, 0.5) is 11.5 Å². The third-order valence-electron chi connectivity index (χ3n) is 3.83. The van der Waals surface area contributed by atoms with Gasteiger partial charge in [0.1, 0.15) is 17.8 Å². The number of carbonyl (C=O) groups is 1. The van der Waals surface area contributed by atoms with E-state index in [1.54, 1.807) is 6.07 Å². The van der Waals surface area contributed by atoms with Gasteiger partial charge in [-0.1, -0.05) is 0 Å². The van der Waals surface area contributed by atoms with Crippen LogP contribution in [0, 0.1) is 0 Å². The van der Waals surface area contributed by atoms with Crippen LogP contribution >= 0.6 is 24.8 Å². The summed E-state index contributed by atoms with van der Waals surface area (Å²) in [6.07, 6.45) is 6.96. The molecule has 8 heteroatoms. The van der Waals surface area contributed by atoms with Gasteiger partial charge in [-0.3, -0.25) is 4.79 Å². The summed E-state index contributed by atoms with van der Waals surface area (Å²) in [5, 5.41) is 2.76. The number of hydrogen-bond donors (Lipinski definition) is 2. The molecule has 0 bridgehead atoms. The summed E-state index contributed by atoms with van der Waals surface area (Å²) in [6, 6.07) is 5.46. The van der Waals surface area contributed by atoms with Gasteiger partial charge in [0, 0.05) is 13.1 Å². The number of nitrogens with two attached hydrogens (primary N) is 1. The summed E-state index contributed by atoms with van der Waals surface area (Å²) in [6.45, 7) is 2.42. The summed E-state index contributed by atoms with van der Waals surface area (Å²) >= 11 is 0. The van der Waals surface area contributed by atoms with Crippen molar-refractivity contribution in [2.24, 2.45) is 5.73 Å². The number of carbonyl (C=O) groups excluding carboxylic acids is 1. The van der Waals surface area contributed by atoms with Crippen LogP contribution in [0.3, 0.4) is 0 Å². The zero-order chi connectivity index (χ0) is 15.4. The Morgan fingerprint density at radius 3 is 2.58 bits per heavy atom. The molecular weight excluding hydrogens is 351 g/mol. The van der Waals surface area contributed by atoms with Crippen LogP contribution in [0.5, 0.6) is 0 Å². The minimum absolute atomic E-state index is 0. The minimum atomic E-state index is -0.248. The molecule has 2 aromatic heterocycles. The quantitative estimate of drug-likeness (QED) is 0.860. The fraction of sp³-hybridized carbons (Fsp3) is 0.375. The average Bonchev–Trinajstić information content (AvgIpc) is 3.06. The van der Waals surface area contributed by atoms with E-state index in [0.29, 0.717) is 17.1 Å². The van der Waals surface area contributed by atoms with Gasteiger partial charge in [-0.25, -0.2) is 4.98 Å². The van der Waals surface area contributed by atoms with Gasteiger partial charge in [-0.05, 0) is 37.5 Å². The van der Waals surface area contributed by atoms with Crippen molar-refractivity contribution < 1.29 is 9.21 Å². The maximum atomic E-state index is 12.1. The van der Waals surface area contributed by atoms with Crippen LogP contribution in [0.15, 0.2) is 35.1 Å². The van der Waals surface area contributed by atoms with E-state index in [0.717, 1.165) is 18.8 Å². The molecule has 6 nitrogen and oxygen atoms in total. The second-order valence-corrected chi connectivity index (χ2v) is 5.41. The molecule has 1 aliphatic rings. The summed E-state index contributed by atoms with van der Waals surface area (Å²) in [5.41, 5.74) is 7.01. The topological polar surface area (TPSA) is 84.4 Å². The standard InChI is InChI=1S/C16H20N4O2.2ClH/c17-9-14-8-12(11-22-14)16(21)19-15-5-4-13(10-18-15)20-6-2-1-3-7-20;;/h4-5,8,10-11H,1-3,6-7,9,17H2,(H,18,19,21);2*1H. The Labute approximate surface area is 153 Å². The van der Waals surface area contributed by atoms with Crippen molar-refractivity contribution in [3.05, 3.63) is 42.0 Å². The van der Waals surface area contributed by atoms with Crippen LogP contribution in [0.25, 0.3) is 0 Å². The number of amides is 1. The van der Waals surface area contributed by atoms with Gasteiger partial charge in [0.05, 0.1) is 24.0 Å². The number of anilines is 2. The fourth-order valence-corrected chi connectivity index (χ4v) is 2.59. The van der Waals surface area contributed by atoms with E-state index in [9.17, 15) is 4.79 Å². The third-order valence-corrected chi connectivity index (χ3v) is 3.83. The molecule has 24 heavy (non-hydrogen) atoms. The average molecular weight is 373 g/mol. The lowest BCUT2D eigenvalue weighted by Crippen LogP contribution is -2.29. The van der Waals surface area contributed by atoms with Crippen molar-refractivity contribution in [3.8, 4) is 0 Å². The van der Waals surface area contributed by atoms with Crippen molar-refractivity contribution >= 4 is 42.2 Å². The van der Waals surface area contributed by atoms with E-state index in [1.165, 1.54) is 25.5 Å². The SMILES string of the molecule is Cl.Cl.NCc1cc(C(=O)Nc2ccc(N3CCCCC3)cn2)co1. The molecule has 0 aliphatic carbocycles. The predicted molar refractivity (Wildman–Crippen MR) is 99.3 cm³/mol. The van der Waals surface area contributed by atoms with E-state index in [-0.39, 0.29) is 37.3 Å². The normalized spacial score (nSPS) is 13.6. The smallest absolute Gasteiger partial charge is 0.260 e. The van der Waals surface area contributed by atoms with Gasteiger partial charge in [0.15, 0.2) is 0 Å². The molecule has 0 aromatic carbocycles. The first kappa shape index (κ1) is 20.3. The van der Waals surface area contributed by atoms with E-state index in [1.807, 2.05) is 18.3 Å². The first-order valence-corrected chi connectivity index (χ1v) is 7.56. The van der Waals surface area contributed by atoms with Gasteiger partial charge < -0.3 is 20.4 Å². The Hall–Kier alpha value is -1.76. The Balaban J connectivity index is 0.00000144. The molecule has 1 saturated heterocycles. The second-order valence-electron chi connectivity index (χ2n) is 5.41. The molecule has 3 heterocycles. The number of rotatable bonds is 4. The highest BCUT2D eigenvalue weighted by Gasteiger charge is 2.13. The molecule has 1 amide bonds. The van der Waals surface area contributed by atoms with Crippen molar-refractivity contribution in [2.75, 3.05) is 23.3 Å². The number of halogens is 2. The summed E-state index contributed by atoms with van der Waals surface area (Å²) in [4.78, 5) is 18.7. The van der Waals surface area contributed by atoms with Crippen molar-refractivity contribution in [2.45, 2.75) is 25.8 Å². The fourth-order valence-electron chi connectivity index (χ4n) is 2.59. The first-order valence-electron chi connectivity index (χ1n) is 7.56. The molecule has 0 saturated carbocycles. The molecule has 3 N–H and O–H groups in total. The van der Waals surface area contributed by atoms with Crippen LogP contribution in [-0.2, 0) is 6.54 Å². The van der Waals surface area contributed by atoms with Crippen LogP contribution in [0.1, 0.15) is 35.4 Å². The lowest BCUT2D eigenvalue weighted by molar-refractivity contribution is 0.102.